The molecule has 1 aliphatic heterocycles. The molecular formula is C20H19ClN2O3. The zero-order valence-electron chi connectivity index (χ0n) is 14.4. The Labute approximate surface area is 156 Å². The van der Waals surface area contributed by atoms with Crippen molar-refractivity contribution in [2.45, 2.75) is 6.92 Å². The largest absolute Gasteiger partial charge is 0.451 e. The lowest BCUT2D eigenvalue weighted by Crippen LogP contribution is -2.36. The molecule has 0 radical (unpaired) electrons. The summed E-state index contributed by atoms with van der Waals surface area (Å²) >= 11 is 6.43. The quantitative estimate of drug-likeness (QED) is 0.738. The maximum Gasteiger partial charge on any atom is 0.291 e. The van der Waals surface area contributed by atoms with E-state index in [-0.39, 0.29) is 5.91 Å². The van der Waals surface area contributed by atoms with Crippen LogP contribution < -0.4 is 10.2 Å². The maximum atomic E-state index is 12.6. The summed E-state index contributed by atoms with van der Waals surface area (Å²) in [6.07, 6.45) is 0. The molecule has 0 saturated carbocycles. The summed E-state index contributed by atoms with van der Waals surface area (Å²) in [5.41, 5.74) is 3.12. The number of morpholine rings is 1. The number of fused-ring (bicyclic) bond motifs is 1. The smallest absolute Gasteiger partial charge is 0.291 e. The molecule has 2 aromatic carbocycles. The molecule has 1 aromatic heterocycles. The molecule has 134 valence electrons. The van der Waals surface area contributed by atoms with Crippen LogP contribution >= 0.6 is 11.6 Å². The van der Waals surface area contributed by atoms with E-state index >= 15 is 0 Å². The molecule has 0 bridgehead atoms. The van der Waals surface area contributed by atoms with E-state index in [1.807, 2.05) is 43.3 Å². The number of aryl methyl sites for hydroxylation is 1. The minimum atomic E-state index is -0.283. The van der Waals surface area contributed by atoms with E-state index < -0.39 is 0 Å². The van der Waals surface area contributed by atoms with Gasteiger partial charge in [0.2, 0.25) is 0 Å². The summed E-state index contributed by atoms with van der Waals surface area (Å²) in [5.74, 6) is 0.0356. The van der Waals surface area contributed by atoms with Gasteiger partial charge in [0.15, 0.2) is 5.76 Å². The van der Waals surface area contributed by atoms with Crippen LogP contribution in [0.15, 0.2) is 46.9 Å². The molecule has 0 atom stereocenters. The van der Waals surface area contributed by atoms with Crippen LogP contribution in [0, 0.1) is 6.92 Å². The summed E-state index contributed by atoms with van der Waals surface area (Å²) in [4.78, 5) is 14.8. The van der Waals surface area contributed by atoms with Gasteiger partial charge in [-0.25, -0.2) is 0 Å². The molecule has 6 heteroatoms. The summed E-state index contributed by atoms with van der Waals surface area (Å²) in [7, 11) is 0. The van der Waals surface area contributed by atoms with Crippen molar-refractivity contribution < 1.29 is 13.9 Å². The van der Waals surface area contributed by atoms with Gasteiger partial charge in [-0.2, -0.15) is 0 Å². The topological polar surface area (TPSA) is 54.7 Å². The zero-order chi connectivity index (χ0) is 18.1. The first-order valence-corrected chi connectivity index (χ1v) is 8.93. The van der Waals surface area contributed by atoms with Crippen molar-refractivity contribution in [3.05, 3.63) is 58.8 Å². The van der Waals surface area contributed by atoms with E-state index in [4.69, 9.17) is 20.8 Å². The molecule has 0 aliphatic carbocycles. The number of rotatable bonds is 3. The first kappa shape index (κ1) is 16.9. The van der Waals surface area contributed by atoms with Crippen LogP contribution in [-0.2, 0) is 4.74 Å². The number of hydrogen-bond acceptors (Lipinski definition) is 4. The van der Waals surface area contributed by atoms with Crippen molar-refractivity contribution in [3.63, 3.8) is 0 Å². The minimum Gasteiger partial charge on any atom is -0.451 e. The van der Waals surface area contributed by atoms with Crippen LogP contribution in [0.1, 0.15) is 16.1 Å². The van der Waals surface area contributed by atoms with Crippen LogP contribution in [0.2, 0.25) is 5.02 Å². The highest BCUT2D eigenvalue weighted by Crippen LogP contribution is 2.30. The van der Waals surface area contributed by atoms with E-state index in [9.17, 15) is 4.79 Å². The number of ether oxygens (including phenoxy) is 1. The van der Waals surface area contributed by atoms with Crippen LogP contribution in [0.5, 0.6) is 0 Å². The van der Waals surface area contributed by atoms with Crippen LogP contribution in [-0.4, -0.2) is 32.2 Å². The Morgan fingerprint density at radius 2 is 1.92 bits per heavy atom. The Morgan fingerprint density at radius 3 is 2.65 bits per heavy atom. The second kappa shape index (κ2) is 7.02. The highest BCUT2D eigenvalue weighted by molar-refractivity contribution is 6.33. The lowest BCUT2D eigenvalue weighted by molar-refractivity contribution is 0.0998. The Morgan fingerprint density at radius 1 is 1.15 bits per heavy atom. The fourth-order valence-corrected chi connectivity index (χ4v) is 3.52. The number of benzene rings is 2. The molecule has 1 amide bonds. The van der Waals surface area contributed by atoms with Crippen LogP contribution in [0.4, 0.5) is 11.4 Å². The summed E-state index contributed by atoms with van der Waals surface area (Å²) in [6, 6.07) is 13.2. The molecule has 5 nitrogen and oxygen atoms in total. The number of carbonyl (C=O) groups excluding carboxylic acids is 1. The number of carbonyl (C=O) groups is 1. The number of nitrogens with one attached hydrogen (secondary N) is 1. The molecule has 1 N–H and O–H groups in total. The van der Waals surface area contributed by atoms with Crippen molar-refractivity contribution in [3.8, 4) is 0 Å². The molecule has 2 heterocycles. The average Bonchev–Trinajstić information content (AvgIpc) is 3.00. The van der Waals surface area contributed by atoms with E-state index in [0.29, 0.717) is 35.3 Å². The summed E-state index contributed by atoms with van der Waals surface area (Å²) in [5, 5.41) is 4.42. The van der Waals surface area contributed by atoms with Gasteiger partial charge in [-0.15, -0.1) is 0 Å². The lowest BCUT2D eigenvalue weighted by Gasteiger charge is -2.29. The van der Waals surface area contributed by atoms with Gasteiger partial charge in [-0.3, -0.25) is 4.79 Å². The fourth-order valence-electron chi connectivity index (χ4n) is 3.22. The van der Waals surface area contributed by atoms with E-state index in [1.165, 1.54) is 0 Å². The highest BCUT2D eigenvalue weighted by Gasteiger charge is 2.19. The lowest BCUT2D eigenvalue weighted by atomic mass is 10.1. The summed E-state index contributed by atoms with van der Waals surface area (Å²) < 4.78 is 11.1. The molecule has 1 aliphatic rings. The van der Waals surface area contributed by atoms with Gasteiger partial charge in [-0.05, 0) is 31.2 Å². The highest BCUT2D eigenvalue weighted by atomic mass is 35.5. The predicted octanol–water partition coefficient (Wildman–Crippen LogP) is 4.48. The number of furan rings is 1. The van der Waals surface area contributed by atoms with Gasteiger partial charge in [0, 0.05) is 29.7 Å². The normalized spacial score (nSPS) is 14.6. The van der Waals surface area contributed by atoms with Gasteiger partial charge in [0.05, 0.1) is 23.9 Å². The van der Waals surface area contributed by atoms with Gasteiger partial charge in [0.25, 0.3) is 5.91 Å². The number of halogens is 1. The monoisotopic (exact) mass is 370 g/mol. The maximum absolute atomic E-state index is 12.6. The predicted molar refractivity (Wildman–Crippen MR) is 103 cm³/mol. The van der Waals surface area contributed by atoms with Gasteiger partial charge < -0.3 is 19.4 Å². The first-order chi connectivity index (χ1) is 12.6. The van der Waals surface area contributed by atoms with Gasteiger partial charge in [0.1, 0.15) is 5.58 Å². The number of para-hydroxylation sites is 1. The third-order valence-corrected chi connectivity index (χ3v) is 4.91. The Bertz CT molecular complexity index is 961. The Kier molecular flexibility index (Phi) is 4.57. The van der Waals surface area contributed by atoms with Crippen molar-refractivity contribution in [2.24, 2.45) is 0 Å². The first-order valence-electron chi connectivity index (χ1n) is 8.55. The second-order valence-electron chi connectivity index (χ2n) is 6.27. The molecule has 0 spiro atoms. The minimum absolute atomic E-state index is 0.283. The van der Waals surface area contributed by atoms with Gasteiger partial charge in [-0.1, -0.05) is 29.8 Å². The number of hydrogen-bond donors (Lipinski definition) is 1. The number of amides is 1. The fraction of sp³-hybridized carbons (Fsp3) is 0.250. The average molecular weight is 371 g/mol. The SMILES string of the molecule is Cc1c(C(=O)Nc2ccc(N3CCOCC3)c(Cl)c2)oc2ccccc12. The second-order valence-corrected chi connectivity index (χ2v) is 6.68. The Balaban J connectivity index is 1.55. The molecule has 4 rings (SSSR count). The van der Waals surface area contributed by atoms with E-state index in [2.05, 4.69) is 10.2 Å². The molecule has 26 heavy (non-hydrogen) atoms. The van der Waals surface area contributed by atoms with E-state index in [1.54, 1.807) is 6.07 Å². The van der Waals surface area contributed by atoms with Crippen molar-refractivity contribution in [1.29, 1.82) is 0 Å². The molecule has 0 unspecified atom stereocenters. The van der Waals surface area contributed by atoms with Crippen molar-refractivity contribution >= 4 is 39.9 Å². The molecule has 3 aromatic rings. The van der Waals surface area contributed by atoms with Gasteiger partial charge >= 0.3 is 0 Å². The molecule has 1 saturated heterocycles. The third kappa shape index (κ3) is 3.16. The van der Waals surface area contributed by atoms with Crippen LogP contribution in [0.25, 0.3) is 11.0 Å². The van der Waals surface area contributed by atoms with E-state index in [0.717, 1.165) is 29.7 Å². The Hall–Kier alpha value is -2.50. The zero-order valence-corrected chi connectivity index (χ0v) is 15.2. The summed E-state index contributed by atoms with van der Waals surface area (Å²) in [6.45, 7) is 4.89. The third-order valence-electron chi connectivity index (χ3n) is 4.61. The van der Waals surface area contributed by atoms with Crippen molar-refractivity contribution in [2.75, 3.05) is 36.5 Å². The number of nitrogens with zero attached hydrogens (tertiary/aromatic N) is 1. The standard InChI is InChI=1S/C20H19ClN2O3/c1-13-15-4-2-3-5-18(15)26-19(13)20(24)22-14-6-7-17(16(21)12-14)23-8-10-25-11-9-23/h2-7,12H,8-11H2,1H3,(H,22,24). The van der Waals surface area contributed by atoms with Crippen molar-refractivity contribution in [1.82, 2.24) is 0 Å². The van der Waals surface area contributed by atoms with Crippen LogP contribution in [0.3, 0.4) is 0 Å². The number of anilines is 2. The molecular weight excluding hydrogens is 352 g/mol. The molecule has 1 fully saturated rings.